The number of rotatable bonds is 6. The Kier molecular flexibility index (Phi) is 7.59. The summed E-state index contributed by atoms with van der Waals surface area (Å²) < 4.78 is 7.18. The van der Waals surface area contributed by atoms with Crippen molar-refractivity contribution in [2.45, 2.75) is 20.8 Å². The van der Waals surface area contributed by atoms with E-state index in [2.05, 4.69) is 5.10 Å². The van der Waals surface area contributed by atoms with E-state index in [0.717, 1.165) is 5.56 Å². The van der Waals surface area contributed by atoms with Gasteiger partial charge in [-0.3, -0.25) is 9.59 Å². The molecule has 5 nitrogen and oxygen atoms in total. The van der Waals surface area contributed by atoms with Crippen LogP contribution in [0.1, 0.15) is 43.1 Å². The first-order valence-corrected chi connectivity index (χ1v) is 9.71. The monoisotopic (exact) mass is 441 g/mol. The average Bonchev–Trinajstić information content (AvgIpc) is 2.97. The molecule has 0 N–H and O–H groups in total. The molecule has 0 aliphatic heterocycles. The van der Waals surface area contributed by atoms with Crippen LogP contribution in [0.2, 0.25) is 10.0 Å². The molecule has 0 fully saturated rings. The molecule has 0 atom stereocenters. The van der Waals surface area contributed by atoms with E-state index in [4.69, 9.17) is 27.9 Å². The summed E-state index contributed by atoms with van der Waals surface area (Å²) in [6.07, 6.45) is 0. The Morgan fingerprint density at radius 1 is 1.03 bits per heavy atom. The first kappa shape index (κ1) is 23.8. The van der Waals surface area contributed by atoms with E-state index in [1.165, 1.54) is 4.68 Å². The number of hydrogen-bond donors (Lipinski definition) is 0. The number of aryl methyl sites for hydroxylation is 3. The first-order valence-electron chi connectivity index (χ1n) is 8.96. The summed E-state index contributed by atoms with van der Waals surface area (Å²) in [5.74, 6) is -0.308. The van der Waals surface area contributed by atoms with Gasteiger partial charge in [0.2, 0.25) is 11.7 Å². The zero-order valence-electron chi connectivity index (χ0n) is 16.5. The van der Waals surface area contributed by atoms with Crippen molar-refractivity contribution in [3.8, 4) is 5.88 Å². The van der Waals surface area contributed by atoms with Crippen LogP contribution in [0.25, 0.3) is 0 Å². The normalized spacial score (nSPS) is 10.5. The van der Waals surface area contributed by atoms with Gasteiger partial charge in [-0.2, -0.15) is 5.10 Å². The molecule has 0 aliphatic carbocycles. The fourth-order valence-electron chi connectivity index (χ4n) is 2.99. The molecular formula is C22H22BeCl2N2O3. The number of carbonyl (C=O) groups is 2. The van der Waals surface area contributed by atoms with Crippen LogP contribution in [0.3, 0.4) is 0 Å². The molecule has 0 spiro atoms. The van der Waals surface area contributed by atoms with E-state index in [9.17, 15) is 9.59 Å². The Morgan fingerprint density at radius 2 is 1.67 bits per heavy atom. The van der Waals surface area contributed by atoms with Gasteiger partial charge in [0.15, 0.2) is 12.4 Å². The second-order valence-corrected chi connectivity index (χ2v) is 7.62. The standard InChI is InChI=1S/C22H20Cl2N2O3.Be.2H/c1-12-5-7-15(8-6-12)18(27)11-29-22-19(14(3)25-26(22)4)21(28)16-9-10-17(23)13(2)20(16)24;;;/h5-10H,11H2,1-4H3;;;. The quantitative estimate of drug-likeness (QED) is 0.424. The zero-order valence-corrected chi connectivity index (χ0v) is 18.1. The van der Waals surface area contributed by atoms with Crippen molar-refractivity contribution in [3.05, 3.63) is 80.0 Å². The molecule has 0 bridgehead atoms. The Balaban J connectivity index is 0.00000320. The summed E-state index contributed by atoms with van der Waals surface area (Å²) in [6, 6.07) is 10.4. The van der Waals surface area contributed by atoms with Gasteiger partial charge in [-0.05, 0) is 38.5 Å². The van der Waals surface area contributed by atoms with Crippen LogP contribution in [0.15, 0.2) is 36.4 Å². The molecule has 0 unspecified atom stereocenters. The van der Waals surface area contributed by atoms with Gasteiger partial charge in [0, 0.05) is 23.2 Å². The molecule has 2 aromatic carbocycles. The van der Waals surface area contributed by atoms with E-state index >= 15 is 0 Å². The Labute approximate surface area is 189 Å². The number of nitrogens with zero attached hydrogens (tertiary/aromatic N) is 2. The van der Waals surface area contributed by atoms with Crippen LogP contribution in [0.4, 0.5) is 0 Å². The fourth-order valence-corrected chi connectivity index (χ4v) is 3.45. The molecule has 0 saturated heterocycles. The number of hydrogen-bond acceptors (Lipinski definition) is 4. The number of aromatic nitrogens is 2. The molecule has 0 radical (unpaired) electrons. The van der Waals surface area contributed by atoms with Crippen LogP contribution in [0, 0.1) is 20.8 Å². The topological polar surface area (TPSA) is 61.2 Å². The van der Waals surface area contributed by atoms with Crippen LogP contribution < -0.4 is 4.74 Å². The van der Waals surface area contributed by atoms with Gasteiger partial charge in [-0.15, -0.1) is 0 Å². The molecule has 3 aromatic rings. The second-order valence-electron chi connectivity index (χ2n) is 6.83. The SMILES string of the molecule is Cc1ccc(C(=O)COc2c(C(=O)c3ccc(Cl)c(C)c3Cl)c(C)nn2C)cc1.[BeH2]. The van der Waals surface area contributed by atoms with Crippen molar-refractivity contribution < 1.29 is 14.3 Å². The van der Waals surface area contributed by atoms with Crippen molar-refractivity contribution >= 4 is 44.9 Å². The minimum absolute atomic E-state index is 0. The van der Waals surface area contributed by atoms with Crippen molar-refractivity contribution in [1.29, 1.82) is 0 Å². The van der Waals surface area contributed by atoms with Gasteiger partial charge in [-0.1, -0.05) is 53.0 Å². The summed E-state index contributed by atoms with van der Waals surface area (Å²) in [4.78, 5) is 25.7. The van der Waals surface area contributed by atoms with E-state index in [-0.39, 0.29) is 44.8 Å². The van der Waals surface area contributed by atoms with E-state index in [0.29, 0.717) is 27.4 Å². The Hall–Kier alpha value is -2.46. The summed E-state index contributed by atoms with van der Waals surface area (Å²) in [5.41, 5.74) is 3.29. The predicted molar refractivity (Wildman–Crippen MR) is 122 cm³/mol. The molecule has 3 rings (SSSR count). The van der Waals surface area contributed by atoms with Gasteiger partial charge in [0.25, 0.3) is 0 Å². The number of halogens is 2. The van der Waals surface area contributed by atoms with Crippen molar-refractivity contribution in [1.82, 2.24) is 9.78 Å². The van der Waals surface area contributed by atoms with Crippen LogP contribution >= 0.6 is 23.2 Å². The summed E-state index contributed by atoms with van der Waals surface area (Å²) >= 11 is 12.4. The molecule has 1 aromatic heterocycles. The number of Topliss-reactive ketones (excluding diaryl/α,β-unsaturated/α-hetero) is 1. The maximum absolute atomic E-state index is 13.2. The molecule has 1 heterocycles. The summed E-state index contributed by atoms with van der Waals surface area (Å²) in [7, 11) is 1.66. The van der Waals surface area contributed by atoms with E-state index in [1.54, 1.807) is 45.2 Å². The molecule has 30 heavy (non-hydrogen) atoms. The third kappa shape index (κ3) is 4.65. The van der Waals surface area contributed by atoms with Gasteiger partial charge >= 0.3 is 10.1 Å². The molecule has 8 heteroatoms. The van der Waals surface area contributed by atoms with Gasteiger partial charge in [0.1, 0.15) is 5.56 Å². The predicted octanol–water partition coefficient (Wildman–Crippen LogP) is 4.23. The number of benzene rings is 2. The fraction of sp³-hybridized carbons (Fsp3) is 0.227. The second kappa shape index (κ2) is 9.57. The van der Waals surface area contributed by atoms with Gasteiger partial charge in [-0.25, -0.2) is 4.68 Å². The van der Waals surface area contributed by atoms with Crippen LogP contribution in [-0.4, -0.2) is 38.1 Å². The number of carbonyl (C=O) groups excluding carboxylic acids is 2. The molecule has 0 aliphatic rings. The Bertz CT molecular complexity index is 1110. The van der Waals surface area contributed by atoms with E-state index in [1.807, 2.05) is 19.1 Å². The average molecular weight is 442 g/mol. The number of ether oxygens (including phenoxy) is 1. The van der Waals surface area contributed by atoms with Crippen LogP contribution in [-0.2, 0) is 7.05 Å². The van der Waals surface area contributed by atoms with Gasteiger partial charge in [0.05, 0.1) is 10.7 Å². The van der Waals surface area contributed by atoms with Gasteiger partial charge < -0.3 is 4.74 Å². The molecular weight excluding hydrogens is 420 g/mol. The number of ketones is 2. The summed E-state index contributed by atoms with van der Waals surface area (Å²) in [6.45, 7) is 5.19. The summed E-state index contributed by atoms with van der Waals surface area (Å²) in [5, 5.41) is 5.05. The van der Waals surface area contributed by atoms with Crippen molar-refractivity contribution in [2.24, 2.45) is 7.05 Å². The molecule has 0 saturated carbocycles. The third-order valence-electron chi connectivity index (χ3n) is 4.68. The first-order chi connectivity index (χ1) is 13.7. The van der Waals surface area contributed by atoms with Crippen molar-refractivity contribution in [3.63, 3.8) is 0 Å². The molecule has 154 valence electrons. The molecule has 0 amide bonds. The van der Waals surface area contributed by atoms with Crippen LogP contribution in [0.5, 0.6) is 5.88 Å². The zero-order chi connectivity index (χ0) is 21.3. The van der Waals surface area contributed by atoms with Crippen molar-refractivity contribution in [2.75, 3.05) is 6.61 Å². The minimum atomic E-state index is -0.335. The van der Waals surface area contributed by atoms with E-state index < -0.39 is 0 Å². The Morgan fingerprint density at radius 3 is 2.30 bits per heavy atom. The maximum atomic E-state index is 13.2. The third-order valence-corrected chi connectivity index (χ3v) is 5.57.